The third-order valence-electron chi connectivity index (χ3n) is 4.09. The average Bonchev–Trinajstić information content (AvgIpc) is 2.66. The second kappa shape index (κ2) is 12.4. The number of halogens is 2. The zero-order valence-corrected chi connectivity index (χ0v) is 16.7. The van der Waals surface area contributed by atoms with Gasteiger partial charge in [-0.2, -0.15) is 0 Å². The molecule has 2 rings (SSSR count). The molecule has 2 aromatic rings. The zero-order valence-electron chi connectivity index (χ0n) is 15.2. The second-order valence-corrected chi connectivity index (χ2v) is 7.04. The first-order valence-corrected chi connectivity index (χ1v) is 9.37. The number of nitrogens with two attached hydrogens (primary N) is 2. The molecule has 0 saturated carbocycles. The van der Waals surface area contributed by atoms with Crippen LogP contribution in [0.25, 0.3) is 0 Å². The number of carboxylic acids is 2. The Hall–Kier alpha value is -2.12. The Morgan fingerprint density at radius 1 is 0.714 bits per heavy atom. The van der Waals surface area contributed by atoms with Gasteiger partial charge in [-0.25, -0.2) is 0 Å². The lowest BCUT2D eigenvalue weighted by Crippen LogP contribution is -2.16. The molecule has 0 bridgehead atoms. The molecule has 0 fully saturated rings. The largest absolute Gasteiger partial charge is 0.481 e. The average molecular weight is 427 g/mol. The van der Waals surface area contributed by atoms with Gasteiger partial charge in [0.2, 0.25) is 0 Å². The van der Waals surface area contributed by atoms with Gasteiger partial charge in [0.05, 0.1) is 12.8 Å². The molecule has 0 aliphatic rings. The van der Waals surface area contributed by atoms with E-state index >= 15 is 0 Å². The molecule has 6 nitrogen and oxygen atoms in total. The van der Waals surface area contributed by atoms with Gasteiger partial charge in [0.1, 0.15) is 0 Å². The highest BCUT2D eigenvalue weighted by Crippen LogP contribution is 2.21. The van der Waals surface area contributed by atoms with Crippen LogP contribution in [-0.2, 0) is 9.59 Å². The van der Waals surface area contributed by atoms with Crippen molar-refractivity contribution in [1.82, 2.24) is 0 Å². The van der Waals surface area contributed by atoms with E-state index < -0.39 is 11.9 Å². The van der Waals surface area contributed by atoms with Gasteiger partial charge in [-0.15, -0.1) is 0 Å². The highest BCUT2D eigenvalue weighted by atomic mass is 35.5. The van der Waals surface area contributed by atoms with E-state index in [4.69, 9.17) is 44.9 Å². The molecule has 28 heavy (non-hydrogen) atoms. The molecule has 0 amide bonds. The van der Waals surface area contributed by atoms with Crippen LogP contribution in [0.15, 0.2) is 48.5 Å². The van der Waals surface area contributed by atoms with Gasteiger partial charge in [0.15, 0.2) is 0 Å². The first-order valence-electron chi connectivity index (χ1n) is 8.61. The summed E-state index contributed by atoms with van der Waals surface area (Å²) in [5.74, 6) is -1.94. The van der Waals surface area contributed by atoms with Gasteiger partial charge in [0.25, 0.3) is 0 Å². The third-order valence-corrected chi connectivity index (χ3v) is 4.60. The Labute approximate surface area is 174 Å². The van der Waals surface area contributed by atoms with Gasteiger partial charge in [-0.1, -0.05) is 47.5 Å². The summed E-state index contributed by atoms with van der Waals surface area (Å²) in [4.78, 5) is 21.1. The van der Waals surface area contributed by atoms with E-state index in [1.54, 1.807) is 24.3 Å². The van der Waals surface area contributed by atoms with Gasteiger partial charge in [0, 0.05) is 21.9 Å². The minimum Gasteiger partial charge on any atom is -0.481 e. The summed E-state index contributed by atoms with van der Waals surface area (Å²) in [6, 6.07) is 14.2. The van der Waals surface area contributed by atoms with Crippen LogP contribution in [0, 0.1) is 0 Å². The molecule has 0 saturated heterocycles. The molecule has 0 aliphatic carbocycles. The number of aliphatic carboxylic acids is 2. The number of hydrogen-bond acceptors (Lipinski definition) is 4. The highest BCUT2D eigenvalue weighted by molar-refractivity contribution is 6.30. The standard InChI is InChI=1S/2C10H12ClNO2/c2*11-9-3-1-7(2-4-9)8(6-12)5-10(13)14/h2*1-4,8H,5-6,12H2,(H,13,14). The Kier molecular flexibility index (Phi) is 10.6. The van der Waals surface area contributed by atoms with Gasteiger partial charge in [-0.05, 0) is 48.5 Å². The summed E-state index contributed by atoms with van der Waals surface area (Å²) >= 11 is 11.4. The Balaban J connectivity index is 0.000000280. The van der Waals surface area contributed by atoms with Gasteiger partial charge < -0.3 is 21.7 Å². The van der Waals surface area contributed by atoms with Crippen molar-refractivity contribution < 1.29 is 19.8 Å². The van der Waals surface area contributed by atoms with Crippen molar-refractivity contribution in [2.75, 3.05) is 13.1 Å². The van der Waals surface area contributed by atoms with Crippen LogP contribution in [0.1, 0.15) is 35.8 Å². The predicted molar refractivity (Wildman–Crippen MR) is 111 cm³/mol. The molecule has 8 heteroatoms. The first-order chi connectivity index (χ1) is 13.3. The van der Waals surface area contributed by atoms with E-state index in [0.717, 1.165) is 11.1 Å². The number of benzene rings is 2. The molecular formula is C20H24Cl2N2O4. The summed E-state index contributed by atoms with van der Waals surface area (Å²) < 4.78 is 0. The van der Waals surface area contributed by atoms with E-state index in [-0.39, 0.29) is 24.7 Å². The SMILES string of the molecule is NCC(CC(=O)O)c1ccc(Cl)cc1.NCC(CC(=O)O)c1ccc(Cl)cc1. The molecular weight excluding hydrogens is 403 g/mol. The molecule has 6 N–H and O–H groups in total. The summed E-state index contributed by atoms with van der Waals surface area (Å²) in [7, 11) is 0. The molecule has 0 aromatic heterocycles. The van der Waals surface area contributed by atoms with E-state index in [9.17, 15) is 9.59 Å². The lowest BCUT2D eigenvalue weighted by atomic mass is 9.96. The van der Waals surface area contributed by atoms with Crippen molar-refractivity contribution in [3.05, 3.63) is 69.7 Å². The second-order valence-electron chi connectivity index (χ2n) is 6.16. The van der Waals surface area contributed by atoms with Crippen LogP contribution in [0.5, 0.6) is 0 Å². The van der Waals surface area contributed by atoms with E-state index in [2.05, 4.69) is 0 Å². The summed E-state index contributed by atoms with van der Waals surface area (Å²) in [5, 5.41) is 18.6. The number of carbonyl (C=O) groups is 2. The molecule has 152 valence electrons. The van der Waals surface area contributed by atoms with Crippen molar-refractivity contribution in [3.63, 3.8) is 0 Å². The van der Waals surface area contributed by atoms with Crippen molar-refractivity contribution >= 4 is 35.1 Å². The minimum absolute atomic E-state index is 0.0537. The van der Waals surface area contributed by atoms with Gasteiger partial charge >= 0.3 is 11.9 Å². The Morgan fingerprint density at radius 3 is 1.21 bits per heavy atom. The van der Waals surface area contributed by atoms with Crippen molar-refractivity contribution in [1.29, 1.82) is 0 Å². The quantitative estimate of drug-likeness (QED) is 0.509. The molecule has 2 atom stereocenters. The van der Waals surface area contributed by atoms with E-state index in [1.807, 2.05) is 24.3 Å². The number of hydrogen-bond donors (Lipinski definition) is 4. The Morgan fingerprint density at radius 2 is 1.00 bits per heavy atom. The maximum atomic E-state index is 10.5. The fourth-order valence-electron chi connectivity index (χ4n) is 2.57. The van der Waals surface area contributed by atoms with Crippen molar-refractivity contribution in [3.8, 4) is 0 Å². The molecule has 0 spiro atoms. The molecule has 0 radical (unpaired) electrons. The van der Waals surface area contributed by atoms with Crippen LogP contribution >= 0.6 is 23.2 Å². The monoisotopic (exact) mass is 426 g/mol. The summed E-state index contributed by atoms with van der Waals surface area (Å²) in [6.45, 7) is 0.655. The molecule has 0 heterocycles. The van der Waals surface area contributed by atoms with Crippen LogP contribution < -0.4 is 11.5 Å². The topological polar surface area (TPSA) is 127 Å². The number of rotatable bonds is 8. The van der Waals surface area contributed by atoms with E-state index in [1.165, 1.54) is 0 Å². The first kappa shape index (κ1) is 23.9. The van der Waals surface area contributed by atoms with Crippen LogP contribution in [0.3, 0.4) is 0 Å². The fraction of sp³-hybridized carbons (Fsp3) is 0.300. The van der Waals surface area contributed by atoms with Crippen LogP contribution in [0.2, 0.25) is 10.0 Å². The molecule has 2 aromatic carbocycles. The van der Waals surface area contributed by atoms with E-state index in [0.29, 0.717) is 23.1 Å². The van der Waals surface area contributed by atoms with Gasteiger partial charge in [-0.3, -0.25) is 9.59 Å². The normalized spacial score (nSPS) is 12.4. The predicted octanol–water partition coefficient (Wildman–Crippen LogP) is 3.71. The maximum Gasteiger partial charge on any atom is 0.304 e. The smallest absolute Gasteiger partial charge is 0.304 e. The third kappa shape index (κ3) is 8.71. The van der Waals surface area contributed by atoms with Crippen molar-refractivity contribution in [2.45, 2.75) is 24.7 Å². The molecule has 0 aliphatic heterocycles. The highest BCUT2D eigenvalue weighted by Gasteiger charge is 2.14. The lowest BCUT2D eigenvalue weighted by molar-refractivity contribution is -0.138. The molecule has 2 unspecified atom stereocenters. The van der Waals surface area contributed by atoms with Crippen molar-refractivity contribution in [2.24, 2.45) is 11.5 Å². The summed E-state index contributed by atoms with van der Waals surface area (Å²) in [5.41, 5.74) is 12.8. The van der Waals surface area contributed by atoms with Crippen LogP contribution in [-0.4, -0.2) is 35.2 Å². The maximum absolute atomic E-state index is 10.5. The lowest BCUT2D eigenvalue weighted by Gasteiger charge is -2.12. The minimum atomic E-state index is -0.838. The summed E-state index contributed by atoms with van der Waals surface area (Å²) in [6.07, 6.45) is 0.107. The van der Waals surface area contributed by atoms with Crippen LogP contribution in [0.4, 0.5) is 0 Å². The fourth-order valence-corrected chi connectivity index (χ4v) is 2.82. The Bertz CT molecular complexity index is 686. The zero-order chi connectivity index (χ0) is 21.1. The number of carboxylic acid groups (broad SMARTS) is 2.